The van der Waals surface area contributed by atoms with Crippen LogP contribution in [0.2, 0.25) is 0 Å². The third kappa shape index (κ3) is 2.28. The summed E-state index contributed by atoms with van der Waals surface area (Å²) in [5.74, 6) is 2.36. The fraction of sp³-hybridized carbons (Fsp3) is 0.800. The predicted octanol–water partition coefficient (Wildman–Crippen LogP) is 0.677. The lowest BCUT2D eigenvalue weighted by atomic mass is 9.91. The van der Waals surface area contributed by atoms with Gasteiger partial charge in [0.25, 0.3) is 0 Å². The lowest BCUT2D eigenvalue weighted by molar-refractivity contribution is 0.352. The summed E-state index contributed by atoms with van der Waals surface area (Å²) in [7, 11) is 0. The van der Waals surface area contributed by atoms with E-state index in [-0.39, 0.29) is 0 Å². The first-order valence-electron chi connectivity index (χ1n) is 5.56. The van der Waals surface area contributed by atoms with Crippen LogP contribution in [0, 0.1) is 12.8 Å². The first kappa shape index (κ1) is 10.4. The van der Waals surface area contributed by atoms with Crippen LogP contribution in [0.4, 0.5) is 5.95 Å². The molecule has 3 N–H and O–H groups in total. The zero-order chi connectivity index (χ0) is 10.8. The Kier molecular flexibility index (Phi) is 2.90. The molecular formula is C10H19N5. The van der Waals surface area contributed by atoms with Gasteiger partial charge in [-0.3, -0.25) is 5.10 Å². The molecule has 1 aliphatic heterocycles. The number of nitrogens with two attached hydrogens (primary N) is 1. The van der Waals surface area contributed by atoms with E-state index in [9.17, 15) is 0 Å². The summed E-state index contributed by atoms with van der Waals surface area (Å²) in [6.07, 6.45) is 2.29. The lowest BCUT2D eigenvalue weighted by Crippen LogP contribution is -2.40. The molecule has 0 spiro atoms. The molecule has 2 heterocycles. The van der Waals surface area contributed by atoms with Gasteiger partial charge in [-0.25, -0.2) is 0 Å². The van der Waals surface area contributed by atoms with Gasteiger partial charge in [-0.1, -0.05) is 0 Å². The second kappa shape index (κ2) is 4.18. The van der Waals surface area contributed by atoms with E-state index in [0.717, 1.165) is 37.7 Å². The highest BCUT2D eigenvalue weighted by Gasteiger charge is 2.23. The quantitative estimate of drug-likeness (QED) is 0.751. The van der Waals surface area contributed by atoms with Crippen molar-refractivity contribution in [3.8, 4) is 0 Å². The standard InChI is InChI=1S/C10H19N5/c1-7(11)9-3-5-15(6-4-9)10-12-8(2)13-14-10/h7,9H,3-6,11H2,1-2H3,(H,12,13,14). The van der Waals surface area contributed by atoms with Crippen molar-refractivity contribution >= 4 is 5.95 Å². The first-order chi connectivity index (χ1) is 7.16. The van der Waals surface area contributed by atoms with E-state index in [1.54, 1.807) is 0 Å². The van der Waals surface area contributed by atoms with Gasteiger partial charge in [0.2, 0.25) is 5.95 Å². The van der Waals surface area contributed by atoms with Gasteiger partial charge in [-0.2, -0.15) is 4.98 Å². The van der Waals surface area contributed by atoms with Crippen molar-refractivity contribution < 1.29 is 0 Å². The molecule has 0 bridgehead atoms. The molecule has 1 saturated heterocycles. The van der Waals surface area contributed by atoms with Crippen molar-refractivity contribution in [2.24, 2.45) is 11.7 Å². The van der Waals surface area contributed by atoms with E-state index in [0.29, 0.717) is 12.0 Å². The number of aromatic amines is 1. The summed E-state index contributed by atoms with van der Waals surface area (Å²) in [6, 6.07) is 0.307. The van der Waals surface area contributed by atoms with E-state index in [1.807, 2.05) is 6.92 Å². The lowest BCUT2D eigenvalue weighted by Gasteiger charge is -2.32. The molecular weight excluding hydrogens is 190 g/mol. The number of aromatic nitrogens is 3. The number of anilines is 1. The van der Waals surface area contributed by atoms with Crippen molar-refractivity contribution in [1.82, 2.24) is 15.2 Å². The number of aryl methyl sites for hydroxylation is 1. The Bertz CT molecular complexity index is 311. The summed E-state index contributed by atoms with van der Waals surface area (Å²) in [5.41, 5.74) is 5.90. The summed E-state index contributed by atoms with van der Waals surface area (Å²) in [4.78, 5) is 6.56. The number of hydrogen-bond acceptors (Lipinski definition) is 4. The molecule has 0 amide bonds. The van der Waals surface area contributed by atoms with Gasteiger partial charge in [0.15, 0.2) is 0 Å². The van der Waals surface area contributed by atoms with Crippen LogP contribution in [0.1, 0.15) is 25.6 Å². The molecule has 0 aromatic carbocycles. The maximum Gasteiger partial charge on any atom is 0.244 e. The molecule has 1 aromatic rings. The second-order valence-corrected chi connectivity index (χ2v) is 4.40. The molecule has 84 valence electrons. The van der Waals surface area contributed by atoms with Crippen LogP contribution in [0.5, 0.6) is 0 Å². The topological polar surface area (TPSA) is 70.8 Å². The summed E-state index contributed by atoms with van der Waals surface area (Å²) in [5, 5.41) is 7.04. The summed E-state index contributed by atoms with van der Waals surface area (Å²) in [6.45, 7) is 6.05. The maximum absolute atomic E-state index is 5.90. The number of nitrogens with zero attached hydrogens (tertiary/aromatic N) is 3. The molecule has 5 heteroatoms. The third-order valence-corrected chi connectivity index (χ3v) is 3.15. The SMILES string of the molecule is Cc1nc(N2CCC(C(C)N)CC2)n[nH]1. The van der Waals surface area contributed by atoms with Crippen LogP contribution in [0.25, 0.3) is 0 Å². The number of piperidine rings is 1. The molecule has 5 nitrogen and oxygen atoms in total. The largest absolute Gasteiger partial charge is 0.340 e. The van der Waals surface area contributed by atoms with Gasteiger partial charge in [-0.15, -0.1) is 5.10 Å². The molecule has 0 radical (unpaired) electrons. The van der Waals surface area contributed by atoms with Gasteiger partial charge in [0, 0.05) is 19.1 Å². The Morgan fingerprint density at radius 2 is 2.13 bits per heavy atom. The number of hydrogen-bond donors (Lipinski definition) is 2. The fourth-order valence-electron chi connectivity index (χ4n) is 2.10. The molecule has 0 aliphatic carbocycles. The fourth-order valence-corrected chi connectivity index (χ4v) is 2.10. The first-order valence-corrected chi connectivity index (χ1v) is 5.56. The monoisotopic (exact) mass is 209 g/mol. The maximum atomic E-state index is 5.90. The van der Waals surface area contributed by atoms with E-state index >= 15 is 0 Å². The molecule has 1 atom stereocenters. The van der Waals surface area contributed by atoms with Crippen molar-refractivity contribution in [3.63, 3.8) is 0 Å². The van der Waals surface area contributed by atoms with E-state index in [2.05, 4.69) is 27.0 Å². The molecule has 1 aliphatic rings. The van der Waals surface area contributed by atoms with Crippen LogP contribution >= 0.6 is 0 Å². The second-order valence-electron chi connectivity index (χ2n) is 4.40. The average molecular weight is 209 g/mol. The highest BCUT2D eigenvalue weighted by atomic mass is 15.4. The van der Waals surface area contributed by atoms with E-state index in [1.165, 1.54) is 0 Å². The van der Waals surface area contributed by atoms with Crippen molar-refractivity contribution in [1.29, 1.82) is 0 Å². The van der Waals surface area contributed by atoms with Crippen LogP contribution in [-0.2, 0) is 0 Å². The highest BCUT2D eigenvalue weighted by molar-refractivity contribution is 5.29. The van der Waals surface area contributed by atoms with Gasteiger partial charge in [-0.05, 0) is 32.6 Å². The zero-order valence-corrected chi connectivity index (χ0v) is 9.40. The normalized spacial score (nSPS) is 20.6. The van der Waals surface area contributed by atoms with Gasteiger partial charge >= 0.3 is 0 Å². The summed E-state index contributed by atoms with van der Waals surface area (Å²) < 4.78 is 0. The van der Waals surface area contributed by atoms with Gasteiger partial charge < -0.3 is 10.6 Å². The van der Waals surface area contributed by atoms with Crippen molar-refractivity contribution in [2.45, 2.75) is 32.7 Å². The van der Waals surface area contributed by atoms with Crippen molar-refractivity contribution in [3.05, 3.63) is 5.82 Å². The van der Waals surface area contributed by atoms with Gasteiger partial charge in [0.05, 0.1) is 0 Å². The van der Waals surface area contributed by atoms with Crippen LogP contribution in [-0.4, -0.2) is 34.3 Å². The van der Waals surface area contributed by atoms with Crippen molar-refractivity contribution in [2.75, 3.05) is 18.0 Å². The molecule has 15 heavy (non-hydrogen) atoms. The Balaban J connectivity index is 1.93. The predicted molar refractivity (Wildman–Crippen MR) is 59.7 cm³/mol. The van der Waals surface area contributed by atoms with Crippen LogP contribution in [0.15, 0.2) is 0 Å². The number of rotatable bonds is 2. The van der Waals surface area contributed by atoms with Gasteiger partial charge in [0.1, 0.15) is 5.82 Å². The molecule has 2 rings (SSSR count). The number of H-pyrrole nitrogens is 1. The Labute approximate surface area is 90.1 Å². The molecule has 1 fully saturated rings. The Morgan fingerprint density at radius 3 is 2.60 bits per heavy atom. The third-order valence-electron chi connectivity index (χ3n) is 3.15. The molecule has 1 aromatic heterocycles. The van der Waals surface area contributed by atoms with Crippen LogP contribution < -0.4 is 10.6 Å². The number of nitrogens with one attached hydrogen (secondary N) is 1. The summed E-state index contributed by atoms with van der Waals surface area (Å²) >= 11 is 0. The zero-order valence-electron chi connectivity index (χ0n) is 9.40. The van der Waals surface area contributed by atoms with E-state index in [4.69, 9.17) is 5.73 Å². The molecule has 0 saturated carbocycles. The molecule has 1 unspecified atom stereocenters. The van der Waals surface area contributed by atoms with E-state index < -0.39 is 0 Å². The minimum absolute atomic E-state index is 0.307. The minimum atomic E-state index is 0.307. The smallest absolute Gasteiger partial charge is 0.244 e. The Morgan fingerprint density at radius 1 is 1.47 bits per heavy atom. The average Bonchev–Trinajstić information content (AvgIpc) is 2.65. The minimum Gasteiger partial charge on any atom is -0.340 e. The van der Waals surface area contributed by atoms with Crippen LogP contribution in [0.3, 0.4) is 0 Å². The highest BCUT2D eigenvalue weighted by Crippen LogP contribution is 2.22. The Hall–Kier alpha value is -1.10.